The molecule has 6 heteroatoms. The van der Waals surface area contributed by atoms with Gasteiger partial charge in [-0.3, -0.25) is 4.79 Å². The molecule has 0 saturated carbocycles. The van der Waals surface area contributed by atoms with Gasteiger partial charge in [0, 0.05) is 5.56 Å². The van der Waals surface area contributed by atoms with E-state index in [9.17, 15) is 13.6 Å². The van der Waals surface area contributed by atoms with Crippen LogP contribution in [-0.2, 0) is 0 Å². The molecule has 3 aromatic rings. The molecule has 0 saturated heterocycles. The van der Waals surface area contributed by atoms with Crippen molar-refractivity contribution < 1.29 is 18.3 Å². The zero-order valence-electron chi connectivity index (χ0n) is 13.4. The van der Waals surface area contributed by atoms with E-state index in [1.54, 1.807) is 18.2 Å². The van der Waals surface area contributed by atoms with E-state index in [1.165, 1.54) is 42.5 Å². The van der Waals surface area contributed by atoms with Gasteiger partial charge in [-0.25, -0.2) is 8.78 Å². The molecule has 0 unspecified atom stereocenters. The number of ether oxygens (including phenoxy) is 1. The first-order valence-corrected chi connectivity index (χ1v) is 7.56. The molecule has 2 N–H and O–H groups in total. The zero-order valence-corrected chi connectivity index (χ0v) is 13.4. The van der Waals surface area contributed by atoms with Gasteiger partial charge in [-0.1, -0.05) is 12.1 Å². The summed E-state index contributed by atoms with van der Waals surface area (Å²) < 4.78 is 33.4. The van der Waals surface area contributed by atoms with Crippen LogP contribution in [0.25, 0.3) is 11.1 Å². The number of primary amides is 1. The number of halogens is 2. The van der Waals surface area contributed by atoms with Gasteiger partial charge in [0.15, 0.2) is 0 Å². The van der Waals surface area contributed by atoms with Crippen molar-refractivity contribution in [2.24, 2.45) is 5.73 Å². The van der Waals surface area contributed by atoms with E-state index < -0.39 is 23.1 Å². The van der Waals surface area contributed by atoms with E-state index in [-0.39, 0.29) is 17.1 Å². The van der Waals surface area contributed by atoms with Gasteiger partial charge >= 0.3 is 0 Å². The number of benzene rings is 3. The van der Waals surface area contributed by atoms with Gasteiger partial charge in [0.2, 0.25) is 0 Å². The number of nitrogens with zero attached hydrogens (tertiary/aromatic N) is 1. The van der Waals surface area contributed by atoms with Gasteiger partial charge < -0.3 is 10.5 Å². The number of nitrogens with two attached hydrogens (primary N) is 1. The summed E-state index contributed by atoms with van der Waals surface area (Å²) in [6.07, 6.45) is 0. The number of hydrogen-bond acceptors (Lipinski definition) is 3. The maximum absolute atomic E-state index is 14.9. The summed E-state index contributed by atoms with van der Waals surface area (Å²) in [6, 6.07) is 16.2. The van der Waals surface area contributed by atoms with Crippen LogP contribution in [0, 0.1) is 23.0 Å². The summed E-state index contributed by atoms with van der Waals surface area (Å²) in [5.41, 5.74) is 5.80. The highest BCUT2D eigenvalue weighted by Crippen LogP contribution is 2.33. The normalized spacial score (nSPS) is 10.2. The second-order valence-corrected chi connectivity index (χ2v) is 5.41. The largest absolute Gasteiger partial charge is 0.456 e. The lowest BCUT2D eigenvalue weighted by molar-refractivity contribution is 0.0994. The van der Waals surface area contributed by atoms with E-state index >= 15 is 0 Å². The predicted octanol–water partition coefficient (Wildman–Crippen LogP) is 4.39. The number of carbonyl (C=O) groups is 1. The summed E-state index contributed by atoms with van der Waals surface area (Å²) in [5, 5.41) is 8.98. The molecule has 0 radical (unpaired) electrons. The summed E-state index contributed by atoms with van der Waals surface area (Å²) in [7, 11) is 0. The van der Waals surface area contributed by atoms with Crippen LogP contribution < -0.4 is 10.5 Å². The van der Waals surface area contributed by atoms with Crippen molar-refractivity contribution in [1.29, 1.82) is 5.26 Å². The molecule has 0 heterocycles. The molecule has 0 aromatic heterocycles. The molecule has 0 fully saturated rings. The van der Waals surface area contributed by atoms with Crippen LogP contribution in [0.5, 0.6) is 11.5 Å². The summed E-state index contributed by atoms with van der Waals surface area (Å²) in [5.74, 6) is -2.16. The van der Waals surface area contributed by atoms with Crippen molar-refractivity contribution >= 4 is 5.91 Å². The van der Waals surface area contributed by atoms with Crippen molar-refractivity contribution in [2.45, 2.75) is 0 Å². The van der Waals surface area contributed by atoms with E-state index in [4.69, 9.17) is 15.7 Å². The second kappa shape index (κ2) is 7.03. The first-order valence-electron chi connectivity index (χ1n) is 7.56. The third-order valence-electron chi connectivity index (χ3n) is 3.69. The van der Waals surface area contributed by atoms with Crippen LogP contribution in [0.4, 0.5) is 8.78 Å². The maximum Gasteiger partial charge on any atom is 0.255 e. The van der Waals surface area contributed by atoms with Crippen molar-refractivity contribution in [3.05, 3.63) is 83.4 Å². The molecule has 0 aliphatic carbocycles. The monoisotopic (exact) mass is 350 g/mol. The first-order chi connectivity index (χ1) is 12.5. The lowest BCUT2D eigenvalue weighted by atomic mass is 9.99. The Morgan fingerprint density at radius 3 is 2.42 bits per heavy atom. The van der Waals surface area contributed by atoms with Crippen molar-refractivity contribution in [3.8, 4) is 28.7 Å². The van der Waals surface area contributed by atoms with Crippen LogP contribution >= 0.6 is 0 Å². The minimum atomic E-state index is -1.00. The fourth-order valence-corrected chi connectivity index (χ4v) is 2.48. The van der Waals surface area contributed by atoms with E-state index in [1.807, 2.05) is 6.07 Å². The predicted molar refractivity (Wildman–Crippen MR) is 91.5 cm³/mol. The minimum Gasteiger partial charge on any atom is -0.456 e. The molecule has 0 bridgehead atoms. The molecule has 1 amide bonds. The third kappa shape index (κ3) is 3.37. The smallest absolute Gasteiger partial charge is 0.255 e. The number of hydrogen-bond donors (Lipinski definition) is 1. The molecule has 3 aromatic carbocycles. The molecule has 0 aliphatic heterocycles. The van der Waals surface area contributed by atoms with E-state index in [0.29, 0.717) is 11.1 Å². The molecule has 26 heavy (non-hydrogen) atoms. The first kappa shape index (κ1) is 17.1. The van der Waals surface area contributed by atoms with Gasteiger partial charge in [-0.05, 0) is 54.1 Å². The van der Waals surface area contributed by atoms with Gasteiger partial charge in [0.25, 0.3) is 5.91 Å². The number of nitriles is 1. The van der Waals surface area contributed by atoms with Gasteiger partial charge in [0.05, 0.1) is 11.6 Å². The highest BCUT2D eigenvalue weighted by Gasteiger charge is 2.21. The van der Waals surface area contributed by atoms with Gasteiger partial charge in [-0.2, -0.15) is 5.26 Å². The molecule has 4 nitrogen and oxygen atoms in total. The Hall–Kier alpha value is -3.72. The lowest BCUT2D eigenvalue weighted by Crippen LogP contribution is -2.15. The summed E-state index contributed by atoms with van der Waals surface area (Å²) in [6.45, 7) is 0. The van der Waals surface area contributed by atoms with Crippen LogP contribution in [0.2, 0.25) is 0 Å². The Labute approximate surface area is 148 Å². The molecular formula is C20H12F2N2O2. The highest BCUT2D eigenvalue weighted by molar-refractivity contribution is 5.97. The standard InChI is InChI=1S/C20H12F2N2O2/c21-14-4-6-15(7-5-14)26-17-9-8-16(19(22)18(17)20(24)25)13-3-1-2-12(10-13)11-23/h1-10H,(H2,24,25). The fraction of sp³-hybridized carbons (Fsp3) is 0. The highest BCUT2D eigenvalue weighted by atomic mass is 19.1. The minimum absolute atomic E-state index is 0.0817. The second-order valence-electron chi connectivity index (χ2n) is 5.41. The Morgan fingerprint density at radius 1 is 1.04 bits per heavy atom. The average Bonchev–Trinajstić information content (AvgIpc) is 2.63. The SMILES string of the molecule is N#Cc1cccc(-c2ccc(Oc3ccc(F)cc3)c(C(N)=O)c2F)c1. The molecule has 0 spiro atoms. The van der Waals surface area contributed by atoms with E-state index in [0.717, 1.165) is 0 Å². The van der Waals surface area contributed by atoms with Crippen LogP contribution in [0.15, 0.2) is 60.7 Å². The van der Waals surface area contributed by atoms with Gasteiger partial charge in [-0.15, -0.1) is 0 Å². The van der Waals surface area contributed by atoms with Gasteiger partial charge in [0.1, 0.15) is 28.7 Å². The number of rotatable bonds is 4. The Kier molecular flexibility index (Phi) is 4.63. The van der Waals surface area contributed by atoms with Crippen molar-refractivity contribution in [3.63, 3.8) is 0 Å². The third-order valence-corrected chi connectivity index (χ3v) is 3.69. The van der Waals surface area contributed by atoms with Crippen molar-refractivity contribution in [1.82, 2.24) is 0 Å². The fourth-order valence-electron chi connectivity index (χ4n) is 2.48. The summed E-state index contributed by atoms with van der Waals surface area (Å²) >= 11 is 0. The lowest BCUT2D eigenvalue weighted by Gasteiger charge is -2.13. The molecule has 3 rings (SSSR count). The maximum atomic E-state index is 14.9. The molecule has 0 aliphatic rings. The average molecular weight is 350 g/mol. The number of amides is 1. The molecular weight excluding hydrogens is 338 g/mol. The van der Waals surface area contributed by atoms with Crippen LogP contribution in [-0.4, -0.2) is 5.91 Å². The molecule has 128 valence electrons. The van der Waals surface area contributed by atoms with Crippen molar-refractivity contribution in [2.75, 3.05) is 0 Å². The van der Waals surface area contributed by atoms with Crippen LogP contribution in [0.1, 0.15) is 15.9 Å². The topological polar surface area (TPSA) is 76.1 Å². The van der Waals surface area contributed by atoms with E-state index in [2.05, 4.69) is 0 Å². The number of carbonyl (C=O) groups excluding carboxylic acids is 1. The Bertz CT molecular complexity index is 1020. The summed E-state index contributed by atoms with van der Waals surface area (Å²) in [4.78, 5) is 11.8. The zero-order chi connectivity index (χ0) is 18.7. The van der Waals surface area contributed by atoms with Crippen LogP contribution in [0.3, 0.4) is 0 Å². The Morgan fingerprint density at radius 2 is 1.77 bits per heavy atom. The Balaban J connectivity index is 2.08. The molecule has 0 atom stereocenters. The quantitative estimate of drug-likeness (QED) is 0.758.